The van der Waals surface area contributed by atoms with E-state index in [-0.39, 0.29) is 5.97 Å². The van der Waals surface area contributed by atoms with E-state index in [9.17, 15) is 4.79 Å². The molecule has 3 heteroatoms. The first-order valence-electron chi connectivity index (χ1n) is 5.31. The van der Waals surface area contributed by atoms with Crippen molar-refractivity contribution in [1.29, 1.82) is 5.26 Å². The van der Waals surface area contributed by atoms with Crippen LogP contribution in [0.2, 0.25) is 0 Å². The molecule has 0 saturated heterocycles. The molecule has 0 radical (unpaired) electrons. The summed E-state index contributed by atoms with van der Waals surface area (Å²) in [5, 5.41) is 9.15. The first-order valence-corrected chi connectivity index (χ1v) is 5.31. The minimum Gasteiger partial charge on any atom is -0.465 e. The van der Waals surface area contributed by atoms with E-state index >= 15 is 0 Å². The minimum absolute atomic E-state index is 0.349. The molecule has 0 amide bonds. The number of hydrogen-bond acceptors (Lipinski definition) is 3. The van der Waals surface area contributed by atoms with Crippen LogP contribution in [0.1, 0.15) is 45.8 Å². The first-order chi connectivity index (χ1) is 7.69. The number of benzene rings is 1. The fourth-order valence-electron chi connectivity index (χ4n) is 1.96. The van der Waals surface area contributed by atoms with Crippen molar-refractivity contribution in [3.63, 3.8) is 0 Å². The van der Waals surface area contributed by atoms with Gasteiger partial charge in [-0.15, -0.1) is 0 Å². The maximum Gasteiger partial charge on any atom is 0.338 e. The van der Waals surface area contributed by atoms with Crippen molar-refractivity contribution in [3.8, 4) is 6.07 Å². The second kappa shape index (κ2) is 3.97. The highest BCUT2D eigenvalue weighted by molar-refractivity contribution is 5.92. The summed E-state index contributed by atoms with van der Waals surface area (Å²) in [7, 11) is 1.37. The number of hydrogen-bond donors (Lipinski definition) is 0. The number of methoxy groups -OCH3 is 1. The van der Waals surface area contributed by atoms with Gasteiger partial charge in [0.05, 0.1) is 24.3 Å². The SMILES string of the molecule is COC(=O)c1ccc(C)c(C#N)c1C1CC1. The number of nitriles is 1. The lowest BCUT2D eigenvalue weighted by Gasteiger charge is -2.10. The molecule has 0 bridgehead atoms. The molecule has 1 aliphatic rings. The fourth-order valence-corrected chi connectivity index (χ4v) is 1.96. The molecule has 0 spiro atoms. The third kappa shape index (κ3) is 1.67. The van der Waals surface area contributed by atoms with Crippen LogP contribution in [-0.4, -0.2) is 13.1 Å². The maximum absolute atomic E-state index is 11.6. The van der Waals surface area contributed by atoms with Gasteiger partial charge in [-0.2, -0.15) is 5.26 Å². The molecule has 3 nitrogen and oxygen atoms in total. The second-order valence-electron chi connectivity index (χ2n) is 4.10. The Kier molecular flexibility index (Phi) is 2.66. The van der Waals surface area contributed by atoms with E-state index in [1.165, 1.54) is 7.11 Å². The molecule has 1 aromatic carbocycles. The monoisotopic (exact) mass is 215 g/mol. The first kappa shape index (κ1) is 10.7. The third-order valence-electron chi connectivity index (χ3n) is 2.96. The normalized spacial score (nSPS) is 14.3. The van der Waals surface area contributed by atoms with Crippen molar-refractivity contribution >= 4 is 5.97 Å². The molecule has 1 fully saturated rings. The highest BCUT2D eigenvalue weighted by Crippen LogP contribution is 2.44. The Labute approximate surface area is 94.6 Å². The molecule has 0 heterocycles. The van der Waals surface area contributed by atoms with Crippen LogP contribution in [0.3, 0.4) is 0 Å². The zero-order valence-electron chi connectivity index (χ0n) is 9.41. The largest absolute Gasteiger partial charge is 0.465 e. The zero-order chi connectivity index (χ0) is 11.7. The van der Waals surface area contributed by atoms with Crippen LogP contribution >= 0.6 is 0 Å². The smallest absolute Gasteiger partial charge is 0.338 e. The molecule has 16 heavy (non-hydrogen) atoms. The minimum atomic E-state index is -0.349. The quantitative estimate of drug-likeness (QED) is 0.712. The van der Waals surface area contributed by atoms with Crippen LogP contribution in [0, 0.1) is 18.3 Å². The van der Waals surface area contributed by atoms with Crippen LogP contribution < -0.4 is 0 Å². The summed E-state index contributed by atoms with van der Waals surface area (Å²) < 4.78 is 4.75. The molecular weight excluding hydrogens is 202 g/mol. The maximum atomic E-state index is 11.6. The Morgan fingerprint density at radius 2 is 2.19 bits per heavy atom. The third-order valence-corrected chi connectivity index (χ3v) is 2.96. The Morgan fingerprint density at radius 3 is 2.69 bits per heavy atom. The highest BCUT2D eigenvalue weighted by atomic mass is 16.5. The van der Waals surface area contributed by atoms with Gasteiger partial charge in [0.2, 0.25) is 0 Å². The van der Waals surface area contributed by atoms with Crippen molar-refractivity contribution in [2.45, 2.75) is 25.7 Å². The molecular formula is C13H13NO2. The van der Waals surface area contributed by atoms with Gasteiger partial charge in [-0.1, -0.05) is 6.07 Å². The van der Waals surface area contributed by atoms with E-state index in [4.69, 9.17) is 10.00 Å². The number of esters is 1. The van der Waals surface area contributed by atoms with E-state index in [0.29, 0.717) is 17.0 Å². The topological polar surface area (TPSA) is 50.1 Å². The van der Waals surface area contributed by atoms with Crippen molar-refractivity contribution in [2.24, 2.45) is 0 Å². The summed E-state index contributed by atoms with van der Waals surface area (Å²) in [4.78, 5) is 11.6. The molecule has 0 aliphatic heterocycles. The van der Waals surface area contributed by atoms with Crippen LogP contribution in [0.25, 0.3) is 0 Å². The van der Waals surface area contributed by atoms with Crippen LogP contribution in [0.4, 0.5) is 0 Å². The summed E-state index contributed by atoms with van der Waals surface area (Å²) in [6, 6.07) is 5.76. The molecule has 1 aromatic rings. The summed E-state index contributed by atoms with van der Waals surface area (Å²) >= 11 is 0. The van der Waals surface area contributed by atoms with Gasteiger partial charge in [0.1, 0.15) is 0 Å². The molecule has 0 aromatic heterocycles. The van der Waals surface area contributed by atoms with E-state index in [0.717, 1.165) is 24.0 Å². The van der Waals surface area contributed by atoms with Gasteiger partial charge in [0.15, 0.2) is 0 Å². The summed E-state index contributed by atoms with van der Waals surface area (Å²) in [6.45, 7) is 1.89. The number of aryl methyl sites for hydroxylation is 1. The van der Waals surface area contributed by atoms with Crippen molar-refractivity contribution in [3.05, 3.63) is 34.4 Å². The number of ether oxygens (including phenoxy) is 1. The molecule has 1 saturated carbocycles. The molecule has 0 atom stereocenters. The van der Waals surface area contributed by atoms with E-state index in [1.807, 2.05) is 6.92 Å². The number of carbonyl (C=O) groups excluding carboxylic acids is 1. The van der Waals surface area contributed by atoms with Crippen molar-refractivity contribution < 1.29 is 9.53 Å². The number of nitrogens with zero attached hydrogens (tertiary/aromatic N) is 1. The van der Waals surface area contributed by atoms with Gasteiger partial charge >= 0.3 is 5.97 Å². The average Bonchev–Trinajstić information content (AvgIpc) is 3.11. The molecule has 0 unspecified atom stereocenters. The van der Waals surface area contributed by atoms with Crippen LogP contribution in [0.5, 0.6) is 0 Å². The highest BCUT2D eigenvalue weighted by Gasteiger charge is 2.31. The molecule has 82 valence electrons. The number of rotatable bonds is 2. The van der Waals surface area contributed by atoms with Gasteiger partial charge in [-0.25, -0.2) is 4.79 Å². The van der Waals surface area contributed by atoms with Crippen molar-refractivity contribution in [2.75, 3.05) is 7.11 Å². The lowest BCUT2D eigenvalue weighted by atomic mass is 9.94. The van der Waals surface area contributed by atoms with E-state index in [1.54, 1.807) is 12.1 Å². The summed E-state index contributed by atoms with van der Waals surface area (Å²) in [6.07, 6.45) is 2.12. The standard InChI is InChI=1S/C13H13NO2/c1-8-3-6-10(13(15)16-2)12(9-4-5-9)11(8)7-14/h3,6,9H,4-5H2,1-2H3. The molecule has 2 rings (SSSR count). The van der Waals surface area contributed by atoms with Gasteiger partial charge in [0, 0.05) is 0 Å². The predicted octanol–water partition coefficient (Wildman–Crippen LogP) is 2.53. The lowest BCUT2D eigenvalue weighted by Crippen LogP contribution is -2.07. The van der Waals surface area contributed by atoms with E-state index < -0.39 is 0 Å². The summed E-state index contributed by atoms with van der Waals surface area (Å²) in [5.74, 6) is 0.0158. The van der Waals surface area contributed by atoms with E-state index in [2.05, 4.69) is 6.07 Å². The molecule has 1 aliphatic carbocycles. The average molecular weight is 215 g/mol. The van der Waals surface area contributed by atoms with Crippen LogP contribution in [-0.2, 0) is 4.74 Å². The van der Waals surface area contributed by atoms with Gasteiger partial charge in [0.25, 0.3) is 0 Å². The number of carbonyl (C=O) groups is 1. The van der Waals surface area contributed by atoms with Crippen LogP contribution in [0.15, 0.2) is 12.1 Å². The second-order valence-corrected chi connectivity index (χ2v) is 4.10. The lowest BCUT2D eigenvalue weighted by molar-refractivity contribution is 0.0599. The van der Waals surface area contributed by atoms with Gasteiger partial charge < -0.3 is 4.74 Å². The fraction of sp³-hybridized carbons (Fsp3) is 0.385. The zero-order valence-corrected chi connectivity index (χ0v) is 9.41. The van der Waals surface area contributed by atoms with Gasteiger partial charge in [-0.05, 0) is 42.9 Å². The Morgan fingerprint density at radius 1 is 1.50 bits per heavy atom. The molecule has 0 N–H and O–H groups in total. The Bertz CT molecular complexity index is 481. The van der Waals surface area contributed by atoms with Gasteiger partial charge in [-0.3, -0.25) is 0 Å². The Hall–Kier alpha value is -1.82. The summed E-state index contributed by atoms with van der Waals surface area (Å²) in [5.41, 5.74) is 3.00. The predicted molar refractivity (Wildman–Crippen MR) is 59.2 cm³/mol. The Balaban J connectivity index is 2.61. The van der Waals surface area contributed by atoms with Crippen molar-refractivity contribution in [1.82, 2.24) is 0 Å².